The molecule has 1 aliphatic rings. The summed E-state index contributed by atoms with van der Waals surface area (Å²) in [4.78, 5) is 31.6. The average Bonchev–Trinajstić information content (AvgIpc) is 3.30. The fourth-order valence-electron chi connectivity index (χ4n) is 5.48. The average molecular weight is 769 g/mol. The molecule has 4 aromatic carbocycles. The second-order valence-electron chi connectivity index (χ2n) is 11.6. The highest BCUT2D eigenvalue weighted by Crippen LogP contribution is 2.34. The number of thioether (sulfide) groups is 1. The molecule has 1 aliphatic heterocycles. The van der Waals surface area contributed by atoms with E-state index < -0.39 is 194 Å². The lowest BCUT2D eigenvalue weighted by Gasteiger charge is -2.39. The van der Waals surface area contributed by atoms with Crippen molar-refractivity contribution >= 4 is 28.6 Å². The summed E-state index contributed by atoms with van der Waals surface area (Å²) in [5, 5.41) is -1.99. The van der Waals surface area contributed by atoms with E-state index in [2.05, 4.69) is 0 Å². The van der Waals surface area contributed by atoms with Gasteiger partial charge in [-0.05, 0) is 66.2 Å². The number of fused-ring (bicyclic) bond motifs is 1. The first-order valence-corrected chi connectivity index (χ1v) is 16.6. The Kier molecular flexibility index (Phi) is 6.54. The molecule has 12 heteroatoms. The number of likely N-dealkylation sites (tertiary alicyclic amines) is 1. The standard InChI is InChI=1S/C41H40F5N3O3S/c1-27-22-30(14-15-34(27)41(44,45)46)29-12-10-28(11-13-29)24-48(32-16-18-47(19-17-32)20-21-52-2)38(51)25-49-36-9-4-3-7-33(36)37(50)23-39(49)53-26-31-6-5-8-35(42)40(31)43/h3-15,22-23,32H,16-21,24-26H2,1-2H3/i3D,4D,5D,6D,7D,8D,9D,10D,11D,12D,13D,14D,15D,22D,23D,24D2,26D2. The number of carbonyl (C=O) groups is 1. The van der Waals surface area contributed by atoms with Gasteiger partial charge in [0.1, 0.15) is 6.54 Å². The zero-order chi connectivity index (χ0) is 54.3. The Hall–Kier alpha value is -4.52. The summed E-state index contributed by atoms with van der Waals surface area (Å²) in [5.41, 5.74) is -13.0. The topological polar surface area (TPSA) is 54.8 Å². The van der Waals surface area contributed by atoms with Gasteiger partial charge in [-0.25, -0.2) is 8.78 Å². The minimum Gasteiger partial charge on any atom is -0.383 e. The molecule has 0 bridgehead atoms. The molecular formula is C41H40F5N3O3S. The minimum absolute atomic E-state index is 0.104. The van der Waals surface area contributed by atoms with Gasteiger partial charge < -0.3 is 19.1 Å². The van der Waals surface area contributed by atoms with E-state index >= 15 is 9.18 Å². The SMILES string of the molecule is [2H]c1c([2H])c(F)c(F)c(C([2H])([2H])Sc2c([2H])c(=O)c3c([2H])c([2H])c([2H])c([2H])c3n2CC(=O)N(C2CCN(CCOC)CC2)C([2H])([2H])c2c([2H])c([2H])c(-c3c([2H])c([2H])c(C(F)(F)F)c(C)c3[2H])c([2H])c2[2H])c1[2H]. The van der Waals surface area contributed by atoms with Gasteiger partial charge >= 0.3 is 6.18 Å². The zero-order valence-corrected chi connectivity index (χ0v) is 28.7. The Morgan fingerprint density at radius 3 is 2.42 bits per heavy atom. The normalized spacial score (nSPS) is 19.8. The number of nitrogens with zero attached hydrogens (tertiary/aromatic N) is 3. The van der Waals surface area contributed by atoms with E-state index in [0.29, 0.717) is 16.0 Å². The number of amides is 1. The van der Waals surface area contributed by atoms with Crippen LogP contribution in [0, 0.1) is 18.6 Å². The number of para-hydroxylation sites is 1. The Labute approximate surface area is 335 Å². The minimum atomic E-state index is -5.23. The molecule has 278 valence electrons. The van der Waals surface area contributed by atoms with E-state index in [0.717, 1.165) is 6.92 Å². The third kappa shape index (κ3) is 9.00. The molecule has 0 N–H and O–H groups in total. The van der Waals surface area contributed by atoms with Crippen LogP contribution in [-0.2, 0) is 34.5 Å². The first-order chi connectivity index (χ1) is 33.2. The number of piperidine rings is 1. The molecule has 0 spiro atoms. The summed E-state index contributed by atoms with van der Waals surface area (Å²) in [7, 11) is 1.44. The van der Waals surface area contributed by atoms with Gasteiger partial charge in [0.15, 0.2) is 17.1 Å². The fourth-order valence-corrected chi connectivity index (χ4v) is 6.23. The highest BCUT2D eigenvalue weighted by Gasteiger charge is 2.32. The molecule has 1 fully saturated rings. The van der Waals surface area contributed by atoms with Crippen LogP contribution in [0.5, 0.6) is 0 Å². The molecule has 6 rings (SSSR count). The van der Waals surface area contributed by atoms with Crippen molar-refractivity contribution in [3.63, 3.8) is 0 Å². The first-order valence-electron chi connectivity index (χ1n) is 25.3. The summed E-state index contributed by atoms with van der Waals surface area (Å²) in [6.07, 6.45) is -5.43. The molecule has 0 saturated carbocycles. The molecule has 1 aromatic heterocycles. The summed E-state index contributed by atoms with van der Waals surface area (Å²) < 4.78 is 243. The summed E-state index contributed by atoms with van der Waals surface area (Å²) in [5.74, 6) is -5.63. The molecule has 2 heterocycles. The van der Waals surface area contributed by atoms with Crippen LogP contribution < -0.4 is 5.43 Å². The second-order valence-corrected chi connectivity index (χ2v) is 12.4. The summed E-state index contributed by atoms with van der Waals surface area (Å²) in [6.45, 7) is -3.28. The van der Waals surface area contributed by atoms with E-state index in [4.69, 9.17) is 28.0 Å². The van der Waals surface area contributed by atoms with E-state index in [1.54, 1.807) is 0 Å². The first kappa shape index (κ1) is 20.8. The molecule has 0 radical (unpaired) electrons. The number of hydrogen-bond donors (Lipinski definition) is 0. The molecular weight excluding hydrogens is 710 g/mol. The maximum atomic E-state index is 15.5. The van der Waals surface area contributed by atoms with Crippen molar-refractivity contribution in [3.05, 3.63) is 135 Å². The van der Waals surface area contributed by atoms with E-state index in [1.807, 2.05) is 4.90 Å². The van der Waals surface area contributed by atoms with Crippen LogP contribution >= 0.6 is 11.8 Å². The van der Waals surface area contributed by atoms with Gasteiger partial charge in [0.25, 0.3) is 0 Å². The summed E-state index contributed by atoms with van der Waals surface area (Å²) in [6, 6.07) is -19.6. The zero-order valence-electron chi connectivity index (χ0n) is 46.9. The quantitative estimate of drug-likeness (QED) is 0.0940. The van der Waals surface area contributed by atoms with E-state index in [9.17, 15) is 25.1 Å². The van der Waals surface area contributed by atoms with Crippen molar-refractivity contribution in [2.75, 3.05) is 33.4 Å². The molecule has 1 saturated heterocycles. The largest absolute Gasteiger partial charge is 0.416 e. The number of alkyl halides is 3. The highest BCUT2D eigenvalue weighted by molar-refractivity contribution is 7.98. The third-order valence-corrected chi connectivity index (χ3v) is 8.96. The van der Waals surface area contributed by atoms with Crippen LogP contribution in [0.25, 0.3) is 22.0 Å². The van der Waals surface area contributed by atoms with Gasteiger partial charge in [-0.3, -0.25) is 9.59 Å². The molecule has 0 unspecified atom stereocenters. The van der Waals surface area contributed by atoms with Crippen LogP contribution in [-0.4, -0.2) is 59.7 Å². The number of hydrogen-bond acceptors (Lipinski definition) is 5. The number of pyridine rings is 1. The second kappa shape index (κ2) is 16.7. The number of carbonyl (C=O) groups excluding carboxylic acids is 1. The van der Waals surface area contributed by atoms with Crippen molar-refractivity contribution in [1.82, 2.24) is 14.4 Å². The monoisotopic (exact) mass is 768 g/mol. The number of halogens is 5. The third-order valence-electron chi connectivity index (χ3n) is 8.14. The predicted octanol–water partition coefficient (Wildman–Crippen LogP) is 8.71. The fraction of sp³-hybridized carbons (Fsp3) is 0.317. The Morgan fingerprint density at radius 2 is 1.70 bits per heavy atom. The molecule has 1 amide bonds. The van der Waals surface area contributed by atoms with Crippen LogP contribution in [0.2, 0.25) is 0 Å². The maximum absolute atomic E-state index is 15.5. The van der Waals surface area contributed by atoms with Gasteiger partial charge in [0.2, 0.25) is 5.91 Å². The highest BCUT2D eigenvalue weighted by atomic mass is 32.2. The Bertz CT molecular complexity index is 3070. The van der Waals surface area contributed by atoms with Gasteiger partial charge in [-0.2, -0.15) is 13.2 Å². The molecule has 53 heavy (non-hydrogen) atoms. The lowest BCUT2D eigenvalue weighted by atomic mass is 9.98. The van der Waals surface area contributed by atoms with Gasteiger partial charge in [-0.15, -0.1) is 11.8 Å². The van der Waals surface area contributed by atoms with Crippen LogP contribution in [0.4, 0.5) is 22.0 Å². The van der Waals surface area contributed by atoms with Crippen molar-refractivity contribution in [3.8, 4) is 11.1 Å². The molecule has 5 aromatic rings. The van der Waals surface area contributed by atoms with Crippen molar-refractivity contribution in [2.45, 2.75) is 55.8 Å². The Morgan fingerprint density at radius 1 is 0.981 bits per heavy atom. The molecule has 6 nitrogen and oxygen atoms in total. The lowest BCUT2D eigenvalue weighted by Crippen LogP contribution is -2.48. The molecule has 0 aliphatic carbocycles. The van der Waals surface area contributed by atoms with E-state index in [-0.39, 0.29) is 44.3 Å². The van der Waals surface area contributed by atoms with Crippen molar-refractivity contribution in [2.24, 2.45) is 0 Å². The van der Waals surface area contributed by atoms with Crippen LogP contribution in [0.1, 0.15) is 61.1 Å². The predicted molar refractivity (Wildman–Crippen MR) is 198 cm³/mol. The number of benzene rings is 4. The van der Waals surface area contributed by atoms with Gasteiger partial charge in [0, 0.05) is 64.7 Å². The number of methoxy groups -OCH3 is 1. The van der Waals surface area contributed by atoms with E-state index in [1.165, 1.54) is 7.11 Å². The number of ether oxygens (including phenoxy) is 1. The smallest absolute Gasteiger partial charge is 0.383 e. The lowest BCUT2D eigenvalue weighted by molar-refractivity contribution is -0.138. The maximum Gasteiger partial charge on any atom is 0.416 e. The number of aromatic nitrogens is 1. The Balaban J connectivity index is 1.63. The van der Waals surface area contributed by atoms with Crippen molar-refractivity contribution in [1.29, 1.82) is 0 Å². The molecule has 0 atom stereocenters. The van der Waals surface area contributed by atoms with Gasteiger partial charge in [-0.1, -0.05) is 60.4 Å². The van der Waals surface area contributed by atoms with Gasteiger partial charge in [0.05, 0.1) is 46.0 Å². The number of rotatable bonds is 12. The van der Waals surface area contributed by atoms with Crippen LogP contribution in [0.15, 0.2) is 100 Å². The van der Waals surface area contributed by atoms with Crippen LogP contribution in [0.3, 0.4) is 0 Å². The van der Waals surface area contributed by atoms with Crippen molar-refractivity contribution < 1.29 is 57.5 Å². The summed E-state index contributed by atoms with van der Waals surface area (Å²) >= 11 is -0.341.